The Kier molecular flexibility index (Phi) is 8.38. The third kappa shape index (κ3) is 6.29. The Morgan fingerprint density at radius 3 is 2.64 bits per heavy atom. The second kappa shape index (κ2) is 11.5. The summed E-state index contributed by atoms with van der Waals surface area (Å²) >= 11 is 5.70. The maximum atomic E-state index is 13.2. The van der Waals surface area contributed by atoms with Crippen LogP contribution in [-0.4, -0.2) is 61.4 Å². The molecular formula is C26H30F3N3O3S. The van der Waals surface area contributed by atoms with Crippen molar-refractivity contribution in [2.24, 2.45) is 0 Å². The van der Waals surface area contributed by atoms with Crippen molar-refractivity contribution < 1.29 is 27.1 Å². The monoisotopic (exact) mass is 521 g/mol. The second-order valence-electron chi connectivity index (χ2n) is 8.71. The predicted molar refractivity (Wildman–Crippen MR) is 137 cm³/mol. The van der Waals surface area contributed by atoms with Crippen LogP contribution in [0.4, 0.5) is 18.9 Å². The van der Waals surface area contributed by atoms with Gasteiger partial charge in [0.1, 0.15) is 5.76 Å². The van der Waals surface area contributed by atoms with Crippen LogP contribution in [0.1, 0.15) is 30.7 Å². The normalized spacial score (nSPS) is 15.6. The highest BCUT2D eigenvalue weighted by Gasteiger charge is 2.31. The smallest absolute Gasteiger partial charge is 0.416 e. The predicted octanol–water partition coefficient (Wildman–Crippen LogP) is 5.94. The SMILES string of the molecule is COc1cccc2cc(C(C)N(CCCN3CCOCC3)C(=S)Nc3cccc(C(F)(F)F)c3)oc12. The lowest BCUT2D eigenvalue weighted by Crippen LogP contribution is -2.41. The van der Waals surface area contributed by atoms with E-state index in [2.05, 4.69) is 10.2 Å². The lowest BCUT2D eigenvalue weighted by molar-refractivity contribution is -0.137. The summed E-state index contributed by atoms with van der Waals surface area (Å²) in [5.74, 6) is 1.32. The maximum Gasteiger partial charge on any atom is 0.416 e. The van der Waals surface area contributed by atoms with Gasteiger partial charge in [-0.3, -0.25) is 4.90 Å². The summed E-state index contributed by atoms with van der Waals surface area (Å²) < 4.78 is 56.7. The molecule has 0 spiro atoms. The number of furan rings is 1. The van der Waals surface area contributed by atoms with Crippen molar-refractivity contribution in [2.45, 2.75) is 25.6 Å². The van der Waals surface area contributed by atoms with E-state index < -0.39 is 11.7 Å². The van der Waals surface area contributed by atoms with E-state index in [-0.39, 0.29) is 11.7 Å². The van der Waals surface area contributed by atoms with Crippen molar-refractivity contribution in [2.75, 3.05) is 51.8 Å². The van der Waals surface area contributed by atoms with Gasteiger partial charge in [0.25, 0.3) is 0 Å². The van der Waals surface area contributed by atoms with Crippen molar-refractivity contribution in [3.63, 3.8) is 0 Å². The van der Waals surface area contributed by atoms with Crippen molar-refractivity contribution in [1.82, 2.24) is 9.80 Å². The summed E-state index contributed by atoms with van der Waals surface area (Å²) in [5.41, 5.74) is 0.199. The summed E-state index contributed by atoms with van der Waals surface area (Å²) in [5, 5.41) is 4.24. The summed E-state index contributed by atoms with van der Waals surface area (Å²) in [7, 11) is 1.59. The Balaban J connectivity index is 1.55. The Morgan fingerprint density at radius 2 is 1.92 bits per heavy atom. The van der Waals surface area contributed by atoms with Crippen LogP contribution >= 0.6 is 12.2 Å². The van der Waals surface area contributed by atoms with Crippen molar-refractivity contribution in [3.05, 3.63) is 59.9 Å². The number of thiocarbonyl (C=S) groups is 1. The van der Waals surface area contributed by atoms with E-state index >= 15 is 0 Å². The molecule has 1 N–H and O–H groups in total. The fourth-order valence-corrected chi connectivity index (χ4v) is 4.67. The van der Waals surface area contributed by atoms with Crippen molar-refractivity contribution >= 4 is 34.0 Å². The zero-order valence-electron chi connectivity index (χ0n) is 20.3. The van der Waals surface area contributed by atoms with Crippen LogP contribution in [0.25, 0.3) is 11.0 Å². The fourth-order valence-electron chi connectivity index (χ4n) is 4.31. The van der Waals surface area contributed by atoms with E-state index in [1.165, 1.54) is 6.07 Å². The molecule has 1 unspecified atom stereocenters. The average Bonchev–Trinajstić information content (AvgIpc) is 3.31. The molecule has 0 bridgehead atoms. The third-order valence-electron chi connectivity index (χ3n) is 6.31. The number of nitrogens with zero attached hydrogens (tertiary/aromatic N) is 2. The van der Waals surface area contributed by atoms with Crippen LogP contribution in [0.2, 0.25) is 0 Å². The zero-order chi connectivity index (χ0) is 25.7. The van der Waals surface area contributed by atoms with Crippen molar-refractivity contribution in [1.29, 1.82) is 0 Å². The van der Waals surface area contributed by atoms with Crippen LogP contribution in [0.5, 0.6) is 5.75 Å². The van der Waals surface area contributed by atoms with Crippen LogP contribution in [-0.2, 0) is 10.9 Å². The number of nitrogens with one attached hydrogen (secondary N) is 1. The van der Waals surface area contributed by atoms with Gasteiger partial charge in [0, 0.05) is 37.3 Å². The first-order valence-electron chi connectivity index (χ1n) is 11.9. The van der Waals surface area contributed by atoms with Gasteiger partial charge in [-0.15, -0.1) is 0 Å². The van der Waals surface area contributed by atoms with E-state index in [9.17, 15) is 13.2 Å². The summed E-state index contributed by atoms with van der Waals surface area (Å²) in [6.45, 7) is 6.63. The molecule has 2 heterocycles. The van der Waals surface area contributed by atoms with E-state index in [0.717, 1.165) is 56.8 Å². The van der Waals surface area contributed by atoms with Gasteiger partial charge in [-0.2, -0.15) is 13.2 Å². The molecule has 0 amide bonds. The molecule has 1 aliphatic heterocycles. The highest BCUT2D eigenvalue weighted by molar-refractivity contribution is 7.80. The topological polar surface area (TPSA) is 50.1 Å². The molecule has 0 radical (unpaired) electrons. The van der Waals surface area contributed by atoms with Crippen LogP contribution in [0.15, 0.2) is 52.9 Å². The van der Waals surface area contributed by atoms with E-state index in [4.69, 9.17) is 26.1 Å². The minimum absolute atomic E-state index is 0.266. The van der Waals surface area contributed by atoms with Gasteiger partial charge >= 0.3 is 6.18 Å². The minimum Gasteiger partial charge on any atom is -0.493 e. The number of para-hydroxylation sites is 1. The van der Waals surface area contributed by atoms with Crippen LogP contribution in [0.3, 0.4) is 0 Å². The van der Waals surface area contributed by atoms with Gasteiger partial charge in [0.2, 0.25) is 0 Å². The van der Waals surface area contributed by atoms with E-state index in [1.54, 1.807) is 13.2 Å². The van der Waals surface area contributed by atoms with Gasteiger partial charge < -0.3 is 24.1 Å². The summed E-state index contributed by atoms with van der Waals surface area (Å²) in [6.07, 6.45) is -3.62. The second-order valence-corrected chi connectivity index (χ2v) is 9.10. The number of alkyl halides is 3. The van der Waals surface area contributed by atoms with E-state index in [1.807, 2.05) is 36.1 Å². The fraction of sp³-hybridized carbons (Fsp3) is 0.423. The van der Waals surface area contributed by atoms with E-state index in [0.29, 0.717) is 28.7 Å². The van der Waals surface area contributed by atoms with Gasteiger partial charge in [0.15, 0.2) is 16.4 Å². The number of methoxy groups -OCH3 is 1. The molecule has 1 atom stereocenters. The number of ether oxygens (including phenoxy) is 2. The Bertz CT molecular complexity index is 1180. The number of benzene rings is 2. The van der Waals surface area contributed by atoms with Gasteiger partial charge in [-0.25, -0.2) is 0 Å². The molecule has 4 rings (SSSR count). The Labute approximate surface area is 213 Å². The molecule has 1 fully saturated rings. The molecule has 3 aromatic rings. The number of halogens is 3. The van der Waals surface area contributed by atoms with Gasteiger partial charge in [-0.05, 0) is 55.9 Å². The van der Waals surface area contributed by atoms with Gasteiger partial charge in [-0.1, -0.05) is 18.2 Å². The number of rotatable bonds is 8. The van der Waals surface area contributed by atoms with Gasteiger partial charge in [0.05, 0.1) is 31.9 Å². The lowest BCUT2D eigenvalue weighted by atomic mass is 10.1. The third-order valence-corrected chi connectivity index (χ3v) is 6.64. The first kappa shape index (κ1) is 26.2. The molecule has 0 aliphatic carbocycles. The molecule has 194 valence electrons. The molecule has 1 aromatic heterocycles. The molecule has 2 aromatic carbocycles. The highest BCUT2D eigenvalue weighted by Crippen LogP contribution is 2.34. The molecule has 1 saturated heterocycles. The molecule has 0 saturated carbocycles. The molecular weight excluding hydrogens is 491 g/mol. The summed E-state index contributed by atoms with van der Waals surface area (Å²) in [6, 6.07) is 12.4. The number of hydrogen-bond donors (Lipinski definition) is 1. The molecule has 36 heavy (non-hydrogen) atoms. The summed E-state index contributed by atoms with van der Waals surface area (Å²) in [4.78, 5) is 4.29. The number of fused-ring (bicyclic) bond motifs is 1. The Morgan fingerprint density at radius 1 is 1.17 bits per heavy atom. The number of hydrogen-bond acceptors (Lipinski definition) is 5. The standard InChI is InChI=1S/C26H30F3N3O3S/c1-18(23-16-19-6-3-9-22(33-2)24(19)35-23)32(11-5-10-31-12-14-34-15-13-31)25(36)30-21-8-4-7-20(17-21)26(27,28)29/h3-4,6-9,16-18H,5,10-15H2,1-2H3,(H,30,36). The molecule has 1 aliphatic rings. The first-order chi connectivity index (χ1) is 17.3. The molecule has 6 nitrogen and oxygen atoms in total. The first-order valence-corrected chi connectivity index (χ1v) is 12.3. The average molecular weight is 522 g/mol. The largest absolute Gasteiger partial charge is 0.493 e. The van der Waals surface area contributed by atoms with Crippen LogP contribution < -0.4 is 10.1 Å². The highest BCUT2D eigenvalue weighted by atomic mass is 32.1. The maximum absolute atomic E-state index is 13.2. The van der Waals surface area contributed by atoms with Crippen molar-refractivity contribution in [3.8, 4) is 5.75 Å². The quantitative estimate of drug-likeness (QED) is 0.368. The lowest BCUT2D eigenvalue weighted by Gasteiger charge is -2.32. The zero-order valence-corrected chi connectivity index (χ0v) is 21.1. The minimum atomic E-state index is -4.43. The number of morpholine rings is 1. The molecule has 10 heteroatoms. The van der Waals surface area contributed by atoms with Crippen LogP contribution in [0, 0.1) is 0 Å². The number of anilines is 1. The Hall–Kier alpha value is -2.82.